The first-order valence-corrected chi connectivity index (χ1v) is 7.83. The second-order valence-corrected chi connectivity index (χ2v) is 5.86. The molecule has 2 aromatic rings. The van der Waals surface area contributed by atoms with E-state index in [-0.39, 0.29) is 11.9 Å². The van der Waals surface area contributed by atoms with Crippen molar-refractivity contribution in [2.45, 2.75) is 31.7 Å². The highest BCUT2D eigenvalue weighted by atomic mass is 16.3. The van der Waals surface area contributed by atoms with E-state index in [9.17, 15) is 9.90 Å². The number of rotatable bonds is 6. The number of benzene rings is 1. The molecule has 3 N–H and O–H groups in total. The fourth-order valence-electron chi connectivity index (χ4n) is 2.37. The predicted molar refractivity (Wildman–Crippen MR) is 87.0 cm³/mol. The zero-order chi connectivity index (χ0) is 17.1. The fourth-order valence-corrected chi connectivity index (χ4v) is 2.37. The topological polar surface area (TPSA) is 103 Å². The van der Waals surface area contributed by atoms with Crippen molar-refractivity contribution < 1.29 is 9.90 Å². The van der Waals surface area contributed by atoms with E-state index in [0.717, 1.165) is 18.4 Å². The van der Waals surface area contributed by atoms with Crippen LogP contribution >= 0.6 is 0 Å². The average molecular weight is 325 g/mol. The molecular weight excluding hydrogens is 306 g/mol. The molecule has 0 radical (unpaired) electrons. The lowest BCUT2D eigenvalue weighted by Gasteiger charge is -2.08. The van der Waals surface area contributed by atoms with Gasteiger partial charge in [0, 0.05) is 6.04 Å². The number of nitrogens with one attached hydrogen (secondary N) is 2. The average Bonchev–Trinajstić information content (AvgIpc) is 3.31. The SMILES string of the molecule is CNC(O)c1cc(C(=O)NC2CC2)n(Cc2ccc(C#N)cc2)n1. The molecule has 0 aliphatic heterocycles. The minimum atomic E-state index is -0.931. The molecule has 7 heteroatoms. The van der Waals surface area contributed by atoms with Crippen LogP contribution in [0.15, 0.2) is 30.3 Å². The Morgan fingerprint density at radius 2 is 2.17 bits per heavy atom. The van der Waals surface area contributed by atoms with Crippen molar-refractivity contribution in [3.63, 3.8) is 0 Å². The fraction of sp³-hybridized carbons (Fsp3) is 0.353. The van der Waals surface area contributed by atoms with Crippen molar-refractivity contribution in [1.29, 1.82) is 5.26 Å². The van der Waals surface area contributed by atoms with Gasteiger partial charge in [-0.05, 0) is 43.7 Å². The van der Waals surface area contributed by atoms with Crippen LogP contribution in [0.25, 0.3) is 0 Å². The van der Waals surface area contributed by atoms with Crippen LogP contribution in [0.3, 0.4) is 0 Å². The molecule has 1 aromatic heterocycles. The Morgan fingerprint density at radius 3 is 2.75 bits per heavy atom. The molecule has 0 spiro atoms. The Labute approximate surface area is 139 Å². The van der Waals surface area contributed by atoms with Crippen molar-refractivity contribution in [3.05, 3.63) is 52.8 Å². The van der Waals surface area contributed by atoms with Gasteiger partial charge in [-0.25, -0.2) is 0 Å². The third kappa shape index (κ3) is 3.62. The molecule has 1 unspecified atom stereocenters. The number of hydrogen-bond donors (Lipinski definition) is 3. The van der Waals surface area contributed by atoms with Crippen molar-refractivity contribution in [3.8, 4) is 6.07 Å². The predicted octanol–water partition coefficient (Wildman–Crippen LogP) is 0.906. The molecule has 1 aliphatic carbocycles. The van der Waals surface area contributed by atoms with Crippen LogP contribution in [0.1, 0.15) is 46.4 Å². The first-order chi connectivity index (χ1) is 11.6. The van der Waals surface area contributed by atoms with Crippen molar-refractivity contribution >= 4 is 5.91 Å². The molecule has 7 nitrogen and oxygen atoms in total. The Morgan fingerprint density at radius 1 is 1.46 bits per heavy atom. The molecule has 3 rings (SSSR count). The van der Waals surface area contributed by atoms with Gasteiger partial charge in [-0.15, -0.1) is 0 Å². The van der Waals surface area contributed by atoms with E-state index in [1.165, 1.54) is 0 Å². The van der Waals surface area contributed by atoms with Gasteiger partial charge in [0.2, 0.25) is 0 Å². The lowest BCUT2D eigenvalue weighted by molar-refractivity contribution is 0.0940. The maximum absolute atomic E-state index is 12.4. The zero-order valence-corrected chi connectivity index (χ0v) is 13.4. The Bertz CT molecular complexity index is 771. The highest BCUT2D eigenvalue weighted by Gasteiger charge is 2.26. The minimum absolute atomic E-state index is 0.187. The molecule has 1 aromatic carbocycles. The Kier molecular flexibility index (Phi) is 4.60. The monoisotopic (exact) mass is 325 g/mol. The number of amides is 1. The summed E-state index contributed by atoms with van der Waals surface area (Å²) < 4.78 is 1.58. The third-order valence-electron chi connectivity index (χ3n) is 3.91. The summed E-state index contributed by atoms with van der Waals surface area (Å²) in [6.07, 6.45) is 1.07. The van der Waals surface area contributed by atoms with Crippen molar-refractivity contribution in [2.75, 3.05) is 7.05 Å². The molecule has 24 heavy (non-hydrogen) atoms. The van der Waals surface area contributed by atoms with Crippen LogP contribution in [0.4, 0.5) is 0 Å². The summed E-state index contributed by atoms with van der Waals surface area (Å²) in [5, 5.41) is 28.8. The molecule has 0 saturated heterocycles. The van der Waals surface area contributed by atoms with Gasteiger partial charge in [0.15, 0.2) is 0 Å². The smallest absolute Gasteiger partial charge is 0.269 e. The third-order valence-corrected chi connectivity index (χ3v) is 3.91. The van der Waals surface area contributed by atoms with E-state index in [2.05, 4.69) is 21.8 Å². The Balaban J connectivity index is 1.86. The highest BCUT2D eigenvalue weighted by Crippen LogP contribution is 2.20. The molecule has 1 atom stereocenters. The van der Waals surface area contributed by atoms with Gasteiger partial charge >= 0.3 is 0 Å². The van der Waals surface area contributed by atoms with Gasteiger partial charge in [-0.1, -0.05) is 12.1 Å². The number of carbonyl (C=O) groups is 1. The van der Waals surface area contributed by atoms with Gasteiger partial charge in [-0.2, -0.15) is 10.4 Å². The maximum Gasteiger partial charge on any atom is 0.269 e. The molecule has 0 bridgehead atoms. The highest BCUT2D eigenvalue weighted by molar-refractivity contribution is 5.93. The maximum atomic E-state index is 12.4. The molecule has 1 amide bonds. The summed E-state index contributed by atoms with van der Waals surface area (Å²) in [6, 6.07) is 11.0. The van der Waals surface area contributed by atoms with Gasteiger partial charge in [-0.3, -0.25) is 14.8 Å². The van der Waals surface area contributed by atoms with Crippen LogP contribution in [0.5, 0.6) is 0 Å². The van der Waals surface area contributed by atoms with E-state index >= 15 is 0 Å². The summed E-state index contributed by atoms with van der Waals surface area (Å²) in [6.45, 7) is 0.384. The lowest BCUT2D eigenvalue weighted by Crippen LogP contribution is -2.28. The molecule has 1 fully saturated rings. The number of aromatic nitrogens is 2. The summed E-state index contributed by atoms with van der Waals surface area (Å²) in [4.78, 5) is 12.4. The van der Waals surface area contributed by atoms with Crippen LogP contribution in [-0.4, -0.2) is 33.9 Å². The molecule has 1 heterocycles. The number of hydrogen-bond acceptors (Lipinski definition) is 5. The van der Waals surface area contributed by atoms with Gasteiger partial charge in [0.25, 0.3) is 5.91 Å². The quantitative estimate of drug-likeness (QED) is 0.685. The van der Waals surface area contributed by atoms with Gasteiger partial charge < -0.3 is 10.4 Å². The molecule has 1 aliphatic rings. The van der Waals surface area contributed by atoms with Crippen LogP contribution in [0, 0.1) is 11.3 Å². The van der Waals surface area contributed by atoms with Crippen LogP contribution in [0.2, 0.25) is 0 Å². The summed E-state index contributed by atoms with van der Waals surface area (Å²) >= 11 is 0. The standard InChI is InChI=1S/C17H19N5O2/c1-19-16(23)14-8-15(17(24)20-13-6-7-13)22(21-14)10-12-4-2-11(9-18)3-5-12/h2-5,8,13,16,19,23H,6-7,10H2,1H3,(H,20,24). The van der Waals surface area contributed by atoms with Gasteiger partial charge in [0.1, 0.15) is 17.6 Å². The largest absolute Gasteiger partial charge is 0.373 e. The van der Waals surface area contributed by atoms with Gasteiger partial charge in [0.05, 0.1) is 18.2 Å². The second-order valence-electron chi connectivity index (χ2n) is 5.86. The molecular formula is C17H19N5O2. The lowest BCUT2D eigenvalue weighted by atomic mass is 10.1. The minimum Gasteiger partial charge on any atom is -0.373 e. The second kappa shape index (κ2) is 6.83. The number of carbonyl (C=O) groups excluding carboxylic acids is 1. The Hall–Kier alpha value is -2.69. The van der Waals surface area contributed by atoms with Crippen molar-refractivity contribution in [2.24, 2.45) is 0 Å². The molecule has 124 valence electrons. The van der Waals surface area contributed by atoms with E-state index in [0.29, 0.717) is 23.5 Å². The number of nitrogens with zero attached hydrogens (tertiary/aromatic N) is 3. The first-order valence-electron chi connectivity index (χ1n) is 7.83. The summed E-state index contributed by atoms with van der Waals surface area (Å²) in [7, 11) is 1.62. The number of aliphatic hydroxyl groups is 1. The van der Waals surface area contributed by atoms with E-state index in [1.54, 1.807) is 29.9 Å². The van der Waals surface area contributed by atoms with E-state index in [4.69, 9.17) is 5.26 Å². The van der Waals surface area contributed by atoms with Crippen LogP contribution in [-0.2, 0) is 6.54 Å². The molecule has 1 saturated carbocycles. The normalized spacial score (nSPS) is 14.9. The van der Waals surface area contributed by atoms with E-state index in [1.807, 2.05) is 12.1 Å². The summed E-state index contributed by atoms with van der Waals surface area (Å²) in [5.74, 6) is -0.187. The van der Waals surface area contributed by atoms with Crippen LogP contribution < -0.4 is 10.6 Å². The number of nitriles is 1. The first kappa shape index (κ1) is 16.2. The summed E-state index contributed by atoms with van der Waals surface area (Å²) in [5.41, 5.74) is 2.31. The number of aliphatic hydroxyl groups excluding tert-OH is 1. The zero-order valence-electron chi connectivity index (χ0n) is 13.4. The van der Waals surface area contributed by atoms with E-state index < -0.39 is 6.23 Å². The van der Waals surface area contributed by atoms with Crippen molar-refractivity contribution in [1.82, 2.24) is 20.4 Å².